The van der Waals surface area contributed by atoms with Crippen molar-refractivity contribution in [3.05, 3.63) is 58.2 Å². The standard InChI is InChI=1S/C19H21BrN2O3/c1-12(2)11-25-18-6-5-16(20)7-15(18)10-22-17-8-13(19(23)24)3-4-14(17)9-21-22/h3-9,12,19,23-24H,10-11H2,1-2H3. The molecule has 0 aliphatic heterocycles. The molecular formula is C19H21BrN2O3. The summed E-state index contributed by atoms with van der Waals surface area (Å²) >= 11 is 3.51. The summed E-state index contributed by atoms with van der Waals surface area (Å²) in [4.78, 5) is 0. The normalized spacial score (nSPS) is 11.6. The number of hydrogen-bond donors (Lipinski definition) is 2. The molecule has 2 N–H and O–H groups in total. The molecule has 1 aromatic heterocycles. The zero-order valence-corrected chi connectivity index (χ0v) is 15.8. The van der Waals surface area contributed by atoms with E-state index in [1.54, 1.807) is 18.3 Å². The molecule has 2 aromatic carbocycles. The van der Waals surface area contributed by atoms with Crippen molar-refractivity contribution in [3.8, 4) is 5.75 Å². The van der Waals surface area contributed by atoms with Gasteiger partial charge in [0, 0.05) is 21.0 Å². The molecule has 0 aliphatic rings. The molecule has 25 heavy (non-hydrogen) atoms. The van der Waals surface area contributed by atoms with Gasteiger partial charge in [0.05, 0.1) is 24.9 Å². The van der Waals surface area contributed by atoms with Crippen molar-refractivity contribution in [2.45, 2.75) is 26.7 Å². The van der Waals surface area contributed by atoms with Crippen LogP contribution < -0.4 is 4.74 Å². The van der Waals surface area contributed by atoms with Crippen molar-refractivity contribution in [3.63, 3.8) is 0 Å². The Bertz CT molecular complexity index is 874. The smallest absolute Gasteiger partial charge is 0.178 e. The number of aromatic nitrogens is 2. The average Bonchev–Trinajstić information content (AvgIpc) is 2.96. The van der Waals surface area contributed by atoms with Gasteiger partial charge in [-0.25, -0.2) is 0 Å². The SMILES string of the molecule is CC(C)COc1ccc(Br)cc1Cn1ncc2ccc(C(O)O)cc21. The third-order valence-corrected chi connectivity index (χ3v) is 4.37. The van der Waals surface area contributed by atoms with Crippen molar-refractivity contribution >= 4 is 26.8 Å². The van der Waals surface area contributed by atoms with Gasteiger partial charge in [0.1, 0.15) is 5.75 Å². The van der Waals surface area contributed by atoms with Gasteiger partial charge in [0.2, 0.25) is 0 Å². The van der Waals surface area contributed by atoms with E-state index in [9.17, 15) is 10.2 Å². The molecule has 0 saturated carbocycles. The minimum Gasteiger partial charge on any atom is -0.493 e. The van der Waals surface area contributed by atoms with E-state index in [2.05, 4.69) is 34.9 Å². The fraction of sp³-hybridized carbons (Fsp3) is 0.316. The Morgan fingerprint density at radius 3 is 2.68 bits per heavy atom. The summed E-state index contributed by atoms with van der Waals surface area (Å²) < 4.78 is 8.75. The Morgan fingerprint density at radius 1 is 1.16 bits per heavy atom. The molecule has 0 radical (unpaired) electrons. The number of rotatable bonds is 6. The summed E-state index contributed by atoms with van der Waals surface area (Å²) in [7, 11) is 0. The molecule has 5 nitrogen and oxygen atoms in total. The number of aliphatic hydroxyl groups is 2. The second-order valence-electron chi connectivity index (χ2n) is 6.45. The fourth-order valence-electron chi connectivity index (χ4n) is 2.60. The average molecular weight is 405 g/mol. The van der Waals surface area contributed by atoms with E-state index in [1.165, 1.54) is 0 Å². The summed E-state index contributed by atoms with van der Waals surface area (Å²) in [5, 5.41) is 24.2. The summed E-state index contributed by atoms with van der Waals surface area (Å²) in [6.45, 7) is 5.40. The van der Waals surface area contributed by atoms with Crippen molar-refractivity contribution in [1.29, 1.82) is 0 Å². The molecule has 3 rings (SSSR count). The lowest BCUT2D eigenvalue weighted by atomic mass is 10.1. The van der Waals surface area contributed by atoms with Crippen LogP contribution in [0.1, 0.15) is 31.3 Å². The van der Waals surface area contributed by atoms with Gasteiger partial charge < -0.3 is 14.9 Å². The van der Waals surface area contributed by atoms with Gasteiger partial charge in [0.15, 0.2) is 6.29 Å². The molecule has 0 amide bonds. The van der Waals surface area contributed by atoms with Crippen LogP contribution in [0.2, 0.25) is 0 Å². The molecule has 0 spiro atoms. The zero-order valence-electron chi connectivity index (χ0n) is 14.2. The van der Waals surface area contributed by atoms with E-state index < -0.39 is 6.29 Å². The maximum absolute atomic E-state index is 9.40. The molecule has 0 aliphatic carbocycles. The van der Waals surface area contributed by atoms with Crippen LogP contribution in [0.5, 0.6) is 5.75 Å². The zero-order chi connectivity index (χ0) is 18.0. The molecule has 6 heteroatoms. The molecule has 0 atom stereocenters. The van der Waals surface area contributed by atoms with E-state index in [0.717, 1.165) is 26.7 Å². The molecule has 1 heterocycles. The minimum absolute atomic E-state index is 0.440. The number of benzene rings is 2. The van der Waals surface area contributed by atoms with Crippen LogP contribution >= 0.6 is 15.9 Å². The van der Waals surface area contributed by atoms with Crippen LogP contribution in [0.3, 0.4) is 0 Å². The first-order chi connectivity index (χ1) is 11.9. The van der Waals surface area contributed by atoms with Crippen LogP contribution in [0.25, 0.3) is 10.9 Å². The van der Waals surface area contributed by atoms with Crippen LogP contribution in [0.4, 0.5) is 0 Å². The fourth-order valence-corrected chi connectivity index (χ4v) is 3.01. The van der Waals surface area contributed by atoms with E-state index in [0.29, 0.717) is 24.6 Å². The summed E-state index contributed by atoms with van der Waals surface area (Å²) in [5.41, 5.74) is 2.30. The summed E-state index contributed by atoms with van der Waals surface area (Å²) in [6.07, 6.45) is 0.277. The van der Waals surface area contributed by atoms with Crippen LogP contribution in [0.15, 0.2) is 47.1 Å². The maximum atomic E-state index is 9.40. The first-order valence-electron chi connectivity index (χ1n) is 8.17. The van der Waals surface area contributed by atoms with Gasteiger partial charge >= 0.3 is 0 Å². The highest BCUT2D eigenvalue weighted by atomic mass is 79.9. The Morgan fingerprint density at radius 2 is 1.96 bits per heavy atom. The number of nitrogens with zero attached hydrogens (tertiary/aromatic N) is 2. The van der Waals surface area contributed by atoms with Crippen molar-refractivity contribution in [1.82, 2.24) is 9.78 Å². The van der Waals surface area contributed by atoms with Gasteiger partial charge in [0.25, 0.3) is 0 Å². The highest BCUT2D eigenvalue weighted by Gasteiger charge is 2.11. The van der Waals surface area contributed by atoms with E-state index in [-0.39, 0.29) is 0 Å². The Labute approximate surface area is 155 Å². The molecule has 0 bridgehead atoms. The van der Waals surface area contributed by atoms with Crippen molar-refractivity contribution in [2.75, 3.05) is 6.61 Å². The largest absolute Gasteiger partial charge is 0.493 e. The van der Waals surface area contributed by atoms with Gasteiger partial charge in [-0.2, -0.15) is 5.10 Å². The first-order valence-corrected chi connectivity index (χ1v) is 8.96. The van der Waals surface area contributed by atoms with Gasteiger partial charge in [-0.05, 0) is 30.2 Å². The van der Waals surface area contributed by atoms with Crippen LogP contribution in [-0.2, 0) is 6.54 Å². The summed E-state index contributed by atoms with van der Waals surface area (Å²) in [5.74, 6) is 1.27. The van der Waals surface area contributed by atoms with Gasteiger partial charge in [-0.3, -0.25) is 4.68 Å². The predicted molar refractivity (Wildman–Crippen MR) is 100 cm³/mol. The molecule has 0 unspecified atom stereocenters. The number of halogens is 1. The number of fused-ring (bicyclic) bond motifs is 1. The molecular weight excluding hydrogens is 384 g/mol. The van der Waals surface area contributed by atoms with Crippen molar-refractivity contribution in [2.24, 2.45) is 5.92 Å². The highest BCUT2D eigenvalue weighted by Crippen LogP contribution is 2.26. The second-order valence-corrected chi connectivity index (χ2v) is 7.37. The number of hydrogen-bond acceptors (Lipinski definition) is 4. The Balaban J connectivity index is 1.95. The van der Waals surface area contributed by atoms with Gasteiger partial charge in [-0.15, -0.1) is 0 Å². The van der Waals surface area contributed by atoms with Crippen molar-refractivity contribution < 1.29 is 14.9 Å². The number of ether oxygens (including phenoxy) is 1. The molecule has 132 valence electrons. The lowest BCUT2D eigenvalue weighted by molar-refractivity contribution is -0.0424. The molecule has 0 saturated heterocycles. The van der Waals surface area contributed by atoms with E-state index in [1.807, 2.05) is 28.9 Å². The van der Waals surface area contributed by atoms with Crippen LogP contribution in [0, 0.1) is 5.92 Å². The molecule has 3 aromatic rings. The topological polar surface area (TPSA) is 67.5 Å². The van der Waals surface area contributed by atoms with E-state index in [4.69, 9.17) is 4.74 Å². The second kappa shape index (κ2) is 7.56. The first kappa shape index (κ1) is 17.9. The highest BCUT2D eigenvalue weighted by molar-refractivity contribution is 9.10. The Hall–Kier alpha value is -1.89. The lowest BCUT2D eigenvalue weighted by Crippen LogP contribution is -2.09. The predicted octanol–water partition coefficient (Wildman–Crippen LogP) is 3.87. The van der Waals surface area contributed by atoms with Gasteiger partial charge in [-0.1, -0.05) is 41.9 Å². The maximum Gasteiger partial charge on any atom is 0.178 e. The number of aliphatic hydroxyl groups excluding tert-OH is 1. The minimum atomic E-state index is -1.50. The monoisotopic (exact) mass is 404 g/mol. The quantitative estimate of drug-likeness (QED) is 0.611. The third-order valence-electron chi connectivity index (χ3n) is 3.88. The Kier molecular flexibility index (Phi) is 5.42. The van der Waals surface area contributed by atoms with Crippen LogP contribution in [-0.4, -0.2) is 26.6 Å². The molecule has 0 fully saturated rings. The van der Waals surface area contributed by atoms with E-state index >= 15 is 0 Å². The third kappa shape index (κ3) is 4.21. The summed E-state index contributed by atoms with van der Waals surface area (Å²) in [6, 6.07) is 11.2. The lowest BCUT2D eigenvalue weighted by Gasteiger charge is -2.14.